The van der Waals surface area contributed by atoms with Gasteiger partial charge in [-0.1, -0.05) is 0 Å². The predicted molar refractivity (Wildman–Crippen MR) is 54.4 cm³/mol. The molecule has 0 radical (unpaired) electrons. The molecule has 2 aliphatic rings. The number of hydrogen-bond acceptors (Lipinski definition) is 3. The highest BCUT2D eigenvalue weighted by Gasteiger charge is 2.54. The third kappa shape index (κ3) is 1.98. The molecule has 1 saturated heterocycles. The Bertz CT molecular complexity index is 295. The van der Waals surface area contributed by atoms with Gasteiger partial charge in [0.25, 0.3) is 0 Å². The molecule has 2 fully saturated rings. The van der Waals surface area contributed by atoms with E-state index in [0.29, 0.717) is 5.92 Å². The van der Waals surface area contributed by atoms with Crippen LogP contribution in [-0.2, 0) is 9.53 Å². The Morgan fingerprint density at radius 2 is 2.07 bits per heavy atom. The van der Waals surface area contributed by atoms with Crippen LogP contribution in [0.15, 0.2) is 0 Å². The molecule has 0 aromatic rings. The van der Waals surface area contributed by atoms with E-state index < -0.39 is 5.60 Å². The largest absolute Gasteiger partial charge is 0.444 e. The highest BCUT2D eigenvalue weighted by atomic mass is 16.6. The minimum Gasteiger partial charge on any atom is -0.444 e. The van der Waals surface area contributed by atoms with Gasteiger partial charge in [0.1, 0.15) is 11.9 Å². The van der Waals surface area contributed by atoms with Crippen LogP contribution in [0, 0.1) is 5.92 Å². The number of carbonyl (C=O) groups is 2. The molecule has 3 atom stereocenters. The first kappa shape index (κ1) is 10.5. The average Bonchev–Trinajstić information content (AvgIpc) is 2.73. The normalized spacial score (nSPS) is 33.5. The number of aldehydes is 1. The fraction of sp³-hybridized carbons (Fsp3) is 0.818. The molecule has 1 amide bonds. The third-order valence-corrected chi connectivity index (χ3v) is 2.91. The molecule has 0 aromatic carbocycles. The Morgan fingerprint density at radius 3 is 2.60 bits per heavy atom. The second-order valence-electron chi connectivity index (χ2n) is 5.39. The minimum atomic E-state index is -0.489. The van der Waals surface area contributed by atoms with Gasteiger partial charge in [0.15, 0.2) is 0 Å². The van der Waals surface area contributed by atoms with Gasteiger partial charge in [0, 0.05) is 6.04 Å². The molecule has 4 heteroatoms. The summed E-state index contributed by atoms with van der Waals surface area (Å²) in [5.41, 5.74) is -0.489. The molecule has 1 aliphatic carbocycles. The maximum absolute atomic E-state index is 11.8. The van der Waals surface area contributed by atoms with E-state index in [0.717, 1.165) is 19.1 Å². The van der Waals surface area contributed by atoms with Crippen molar-refractivity contribution in [3.63, 3.8) is 0 Å². The van der Waals surface area contributed by atoms with Crippen molar-refractivity contribution in [2.45, 2.75) is 51.3 Å². The number of carbonyl (C=O) groups excluding carboxylic acids is 2. The first-order valence-corrected chi connectivity index (χ1v) is 5.39. The summed E-state index contributed by atoms with van der Waals surface area (Å²) in [7, 11) is 0. The van der Waals surface area contributed by atoms with Crippen LogP contribution in [0.1, 0.15) is 33.6 Å². The van der Waals surface area contributed by atoms with E-state index in [4.69, 9.17) is 4.74 Å². The van der Waals surface area contributed by atoms with Gasteiger partial charge in [-0.2, -0.15) is 0 Å². The summed E-state index contributed by atoms with van der Waals surface area (Å²) in [5, 5.41) is 0. The zero-order chi connectivity index (χ0) is 11.2. The topological polar surface area (TPSA) is 46.6 Å². The van der Waals surface area contributed by atoms with E-state index in [9.17, 15) is 9.59 Å². The lowest BCUT2D eigenvalue weighted by molar-refractivity contribution is -0.112. The predicted octanol–water partition coefficient (Wildman–Crippen LogP) is 1.58. The zero-order valence-electron chi connectivity index (χ0n) is 9.40. The molecular formula is C11H17NO3. The zero-order valence-corrected chi connectivity index (χ0v) is 9.40. The Balaban J connectivity index is 2.02. The summed E-state index contributed by atoms with van der Waals surface area (Å²) in [6, 6.07) is -0.00125. The number of nitrogens with zero attached hydrogens (tertiary/aromatic N) is 1. The lowest BCUT2D eigenvalue weighted by atomic mass is 10.2. The fourth-order valence-corrected chi connectivity index (χ4v) is 2.20. The van der Waals surface area contributed by atoms with Gasteiger partial charge in [-0.25, -0.2) is 4.79 Å². The van der Waals surface area contributed by atoms with Crippen molar-refractivity contribution in [1.82, 2.24) is 4.90 Å². The highest BCUT2D eigenvalue weighted by molar-refractivity contribution is 5.76. The van der Waals surface area contributed by atoms with Crippen LogP contribution in [0.2, 0.25) is 0 Å². The Kier molecular flexibility index (Phi) is 2.24. The van der Waals surface area contributed by atoms with E-state index in [-0.39, 0.29) is 18.2 Å². The van der Waals surface area contributed by atoms with E-state index in [2.05, 4.69) is 0 Å². The molecule has 1 saturated carbocycles. The van der Waals surface area contributed by atoms with Crippen molar-refractivity contribution in [1.29, 1.82) is 0 Å². The number of likely N-dealkylation sites (tertiary alicyclic amines) is 1. The molecule has 0 aromatic heterocycles. The van der Waals surface area contributed by atoms with Gasteiger partial charge >= 0.3 is 6.09 Å². The summed E-state index contributed by atoms with van der Waals surface area (Å²) < 4.78 is 5.28. The molecule has 4 nitrogen and oxygen atoms in total. The fourth-order valence-electron chi connectivity index (χ4n) is 2.20. The van der Waals surface area contributed by atoms with Crippen LogP contribution in [0.25, 0.3) is 0 Å². The van der Waals surface area contributed by atoms with Gasteiger partial charge in [-0.15, -0.1) is 0 Å². The second kappa shape index (κ2) is 3.22. The van der Waals surface area contributed by atoms with Gasteiger partial charge in [0.05, 0.1) is 6.04 Å². The van der Waals surface area contributed by atoms with Gasteiger partial charge in [-0.05, 0) is 39.5 Å². The monoisotopic (exact) mass is 211 g/mol. The van der Waals surface area contributed by atoms with Crippen LogP contribution < -0.4 is 0 Å². The summed E-state index contributed by atoms with van der Waals surface area (Å²) >= 11 is 0. The molecule has 0 spiro atoms. The Morgan fingerprint density at radius 1 is 1.40 bits per heavy atom. The first-order valence-electron chi connectivity index (χ1n) is 5.39. The summed E-state index contributed by atoms with van der Waals surface area (Å²) in [6.07, 6.45) is 2.36. The van der Waals surface area contributed by atoms with Crippen LogP contribution in [0.5, 0.6) is 0 Å². The summed E-state index contributed by atoms with van der Waals surface area (Å²) in [6.45, 7) is 5.50. The molecule has 1 heterocycles. The number of hydrogen-bond donors (Lipinski definition) is 0. The van der Waals surface area contributed by atoms with Gasteiger partial charge in [0.2, 0.25) is 0 Å². The van der Waals surface area contributed by atoms with E-state index >= 15 is 0 Å². The van der Waals surface area contributed by atoms with Crippen molar-refractivity contribution >= 4 is 12.4 Å². The summed E-state index contributed by atoms with van der Waals surface area (Å²) in [5.74, 6) is 0.535. The molecule has 15 heavy (non-hydrogen) atoms. The Hall–Kier alpha value is -1.06. The SMILES string of the molecule is CC(C)(C)OC(=O)N1C(C=O)CC2C[C@@H]21. The molecule has 1 aliphatic heterocycles. The van der Waals surface area contributed by atoms with Crippen molar-refractivity contribution < 1.29 is 14.3 Å². The standard InChI is InChI=1S/C11H17NO3/c1-11(2,3)15-10(14)12-8(6-13)4-7-5-9(7)12/h6-9H,4-5H2,1-3H3/t7?,8?,9-/m0/s1. The van der Waals surface area contributed by atoms with Crippen LogP contribution in [0.3, 0.4) is 0 Å². The smallest absolute Gasteiger partial charge is 0.411 e. The average molecular weight is 211 g/mol. The minimum absolute atomic E-state index is 0.259. The second-order valence-corrected chi connectivity index (χ2v) is 5.39. The highest BCUT2D eigenvalue weighted by Crippen LogP contribution is 2.47. The molecular weight excluding hydrogens is 194 g/mol. The first-order chi connectivity index (χ1) is 6.92. The summed E-state index contributed by atoms with van der Waals surface area (Å²) in [4.78, 5) is 24.2. The maximum atomic E-state index is 11.8. The van der Waals surface area contributed by atoms with Crippen molar-refractivity contribution in [2.24, 2.45) is 5.92 Å². The maximum Gasteiger partial charge on any atom is 0.411 e. The molecule has 0 N–H and O–H groups in total. The number of ether oxygens (including phenoxy) is 1. The molecule has 2 rings (SSSR count). The lowest BCUT2D eigenvalue weighted by Crippen LogP contribution is -2.42. The van der Waals surface area contributed by atoms with E-state index in [1.165, 1.54) is 0 Å². The van der Waals surface area contributed by atoms with E-state index in [1.807, 2.05) is 20.8 Å². The van der Waals surface area contributed by atoms with Crippen molar-refractivity contribution in [2.75, 3.05) is 0 Å². The molecule has 84 valence electrons. The van der Waals surface area contributed by atoms with E-state index in [1.54, 1.807) is 4.90 Å². The Labute approximate surface area is 89.6 Å². The van der Waals surface area contributed by atoms with Gasteiger partial charge < -0.3 is 9.53 Å². The van der Waals surface area contributed by atoms with Crippen molar-refractivity contribution in [3.05, 3.63) is 0 Å². The quantitative estimate of drug-likeness (QED) is 0.619. The molecule has 2 unspecified atom stereocenters. The lowest BCUT2D eigenvalue weighted by Gasteiger charge is -2.28. The van der Waals surface area contributed by atoms with Gasteiger partial charge in [-0.3, -0.25) is 4.90 Å². The van der Waals surface area contributed by atoms with Crippen LogP contribution >= 0.6 is 0 Å². The van der Waals surface area contributed by atoms with Crippen LogP contribution in [-0.4, -0.2) is 35.0 Å². The number of piperidine rings is 1. The number of fused-ring (bicyclic) bond motifs is 1. The third-order valence-electron chi connectivity index (χ3n) is 2.91. The number of rotatable bonds is 1. The molecule has 0 bridgehead atoms. The van der Waals surface area contributed by atoms with Crippen LogP contribution in [0.4, 0.5) is 4.79 Å². The number of amides is 1. The van der Waals surface area contributed by atoms with Crippen molar-refractivity contribution in [3.8, 4) is 0 Å².